The average molecular weight is 465 g/mol. The summed E-state index contributed by atoms with van der Waals surface area (Å²) in [5, 5.41) is 11.7. The summed E-state index contributed by atoms with van der Waals surface area (Å²) in [7, 11) is 1.76. The van der Waals surface area contributed by atoms with Gasteiger partial charge >= 0.3 is 12.1 Å². The zero-order valence-corrected chi connectivity index (χ0v) is 19.5. The SMILES string of the molecule is CN(CCCCC(=O)O)C(=O)C1CCC(NC(=O)OCC2c3ccccc3-c3ccccc32)C1. The molecule has 4 rings (SSSR count). The molecule has 0 radical (unpaired) electrons. The first-order valence-corrected chi connectivity index (χ1v) is 12.0. The Balaban J connectivity index is 1.24. The van der Waals surface area contributed by atoms with Crippen LogP contribution in [-0.4, -0.2) is 54.2 Å². The predicted octanol–water partition coefficient (Wildman–Crippen LogP) is 4.41. The number of hydrogen-bond donors (Lipinski definition) is 2. The Kier molecular flexibility index (Phi) is 7.50. The van der Waals surface area contributed by atoms with Crippen LogP contribution in [0.2, 0.25) is 0 Å². The van der Waals surface area contributed by atoms with Crippen LogP contribution < -0.4 is 5.32 Å². The first kappa shape index (κ1) is 23.8. The number of carbonyl (C=O) groups excluding carboxylic acids is 2. The number of carboxylic acids is 1. The fourth-order valence-electron chi connectivity index (χ4n) is 5.19. The van der Waals surface area contributed by atoms with Gasteiger partial charge in [0.2, 0.25) is 5.91 Å². The maximum absolute atomic E-state index is 12.7. The van der Waals surface area contributed by atoms with Crippen molar-refractivity contribution in [1.29, 1.82) is 0 Å². The molecule has 2 unspecified atom stereocenters. The van der Waals surface area contributed by atoms with Crippen LogP contribution in [0, 0.1) is 5.92 Å². The standard InChI is InChI=1S/C27H32N2O5/c1-29(15-7-6-12-25(30)31)26(32)18-13-14-19(16-18)28-27(33)34-17-24-22-10-4-2-8-20(22)21-9-3-5-11-23(21)24/h2-5,8-11,18-19,24H,6-7,12-17H2,1H3,(H,28,33)(H,30,31). The Morgan fingerprint density at radius 3 is 2.29 bits per heavy atom. The number of hydrogen-bond acceptors (Lipinski definition) is 4. The molecule has 34 heavy (non-hydrogen) atoms. The average Bonchev–Trinajstić information content (AvgIpc) is 3.42. The van der Waals surface area contributed by atoms with Crippen LogP contribution in [0.5, 0.6) is 0 Å². The number of unbranched alkanes of at least 4 members (excludes halogenated alkanes) is 1. The normalized spacial score (nSPS) is 18.7. The van der Waals surface area contributed by atoms with E-state index in [4.69, 9.17) is 9.84 Å². The van der Waals surface area contributed by atoms with Crippen LogP contribution in [0.15, 0.2) is 48.5 Å². The third-order valence-electron chi connectivity index (χ3n) is 6.96. The summed E-state index contributed by atoms with van der Waals surface area (Å²) in [6.07, 6.45) is 2.98. The Morgan fingerprint density at radius 1 is 1.00 bits per heavy atom. The summed E-state index contributed by atoms with van der Waals surface area (Å²) in [4.78, 5) is 37.5. The molecule has 0 aromatic heterocycles. The second kappa shape index (κ2) is 10.7. The van der Waals surface area contributed by atoms with Crippen LogP contribution in [0.25, 0.3) is 11.1 Å². The van der Waals surface area contributed by atoms with Crippen LogP contribution in [-0.2, 0) is 14.3 Å². The molecule has 1 saturated carbocycles. The minimum Gasteiger partial charge on any atom is -0.481 e. The van der Waals surface area contributed by atoms with E-state index in [1.807, 2.05) is 24.3 Å². The maximum atomic E-state index is 12.7. The molecule has 1 fully saturated rings. The monoisotopic (exact) mass is 464 g/mol. The molecule has 0 saturated heterocycles. The fourth-order valence-corrected chi connectivity index (χ4v) is 5.19. The topological polar surface area (TPSA) is 95.9 Å². The van der Waals surface area contributed by atoms with Gasteiger partial charge in [-0.25, -0.2) is 4.79 Å². The second-order valence-corrected chi connectivity index (χ2v) is 9.29. The molecule has 0 heterocycles. The number of aliphatic carboxylic acids is 1. The number of rotatable bonds is 9. The first-order valence-electron chi connectivity index (χ1n) is 12.0. The van der Waals surface area contributed by atoms with Gasteiger partial charge < -0.3 is 20.1 Å². The lowest BCUT2D eigenvalue weighted by molar-refractivity contribution is -0.137. The van der Waals surface area contributed by atoms with Crippen molar-refractivity contribution in [2.75, 3.05) is 20.2 Å². The molecule has 7 heteroatoms. The van der Waals surface area contributed by atoms with Crippen LogP contribution in [0.4, 0.5) is 4.79 Å². The number of alkyl carbamates (subject to hydrolysis) is 1. The van der Waals surface area contributed by atoms with E-state index in [-0.39, 0.29) is 36.8 Å². The van der Waals surface area contributed by atoms with Gasteiger partial charge in [0.1, 0.15) is 6.61 Å². The maximum Gasteiger partial charge on any atom is 0.407 e. The minimum atomic E-state index is -0.813. The van der Waals surface area contributed by atoms with Gasteiger partial charge in [-0.3, -0.25) is 9.59 Å². The zero-order valence-electron chi connectivity index (χ0n) is 19.5. The molecule has 0 spiro atoms. The van der Waals surface area contributed by atoms with E-state index in [0.29, 0.717) is 25.8 Å². The number of fused-ring (bicyclic) bond motifs is 3. The van der Waals surface area contributed by atoms with E-state index < -0.39 is 12.1 Å². The highest BCUT2D eigenvalue weighted by atomic mass is 16.5. The van der Waals surface area contributed by atoms with Crippen molar-refractivity contribution in [3.8, 4) is 11.1 Å². The molecule has 0 bridgehead atoms. The van der Waals surface area contributed by atoms with Crippen molar-refractivity contribution in [2.24, 2.45) is 5.92 Å². The first-order chi connectivity index (χ1) is 16.4. The summed E-state index contributed by atoms with van der Waals surface area (Å²) in [5.41, 5.74) is 4.73. The second-order valence-electron chi connectivity index (χ2n) is 9.29. The van der Waals surface area contributed by atoms with Gasteiger partial charge in [0.05, 0.1) is 0 Å². The molecular weight excluding hydrogens is 432 g/mol. The quantitative estimate of drug-likeness (QED) is 0.536. The zero-order chi connectivity index (χ0) is 24.1. The molecule has 2 aromatic carbocycles. The van der Waals surface area contributed by atoms with E-state index in [1.54, 1.807) is 11.9 Å². The van der Waals surface area contributed by atoms with Crippen LogP contribution in [0.1, 0.15) is 55.6 Å². The molecular formula is C27H32N2O5. The van der Waals surface area contributed by atoms with Crippen LogP contribution in [0.3, 0.4) is 0 Å². The summed E-state index contributed by atoms with van der Waals surface area (Å²) in [6.45, 7) is 0.821. The van der Waals surface area contributed by atoms with Gasteiger partial charge in [-0.05, 0) is 54.4 Å². The lowest BCUT2D eigenvalue weighted by atomic mass is 9.98. The summed E-state index contributed by atoms with van der Waals surface area (Å²) >= 11 is 0. The summed E-state index contributed by atoms with van der Waals surface area (Å²) in [6, 6.07) is 16.4. The molecule has 2 aliphatic carbocycles. The van der Waals surface area contributed by atoms with E-state index in [0.717, 1.165) is 12.8 Å². The predicted molar refractivity (Wildman–Crippen MR) is 128 cm³/mol. The van der Waals surface area contributed by atoms with Gasteiger partial charge in [0.25, 0.3) is 0 Å². The molecule has 2 amide bonds. The van der Waals surface area contributed by atoms with Gasteiger partial charge in [-0.1, -0.05) is 48.5 Å². The molecule has 2 aliphatic rings. The minimum absolute atomic E-state index is 0.0193. The molecule has 180 valence electrons. The summed E-state index contributed by atoms with van der Waals surface area (Å²) < 4.78 is 5.64. The Morgan fingerprint density at radius 2 is 1.65 bits per heavy atom. The number of nitrogens with one attached hydrogen (secondary N) is 1. The summed E-state index contributed by atoms with van der Waals surface area (Å²) in [5.74, 6) is -0.853. The fraction of sp³-hybridized carbons (Fsp3) is 0.444. The van der Waals surface area contributed by atoms with Crippen molar-refractivity contribution in [2.45, 2.75) is 50.5 Å². The third kappa shape index (κ3) is 5.41. The molecule has 2 atom stereocenters. The number of nitrogens with zero attached hydrogens (tertiary/aromatic N) is 1. The smallest absolute Gasteiger partial charge is 0.407 e. The number of carboxylic acid groups (broad SMARTS) is 1. The third-order valence-corrected chi connectivity index (χ3v) is 6.96. The Hall–Kier alpha value is -3.35. The van der Waals surface area contributed by atoms with E-state index in [2.05, 4.69) is 29.6 Å². The highest BCUT2D eigenvalue weighted by Gasteiger charge is 2.33. The number of benzene rings is 2. The van der Waals surface area contributed by atoms with Crippen molar-refractivity contribution in [3.63, 3.8) is 0 Å². The molecule has 2 aromatic rings. The van der Waals surface area contributed by atoms with Crippen LogP contribution >= 0.6 is 0 Å². The van der Waals surface area contributed by atoms with Gasteiger partial charge in [-0.15, -0.1) is 0 Å². The highest BCUT2D eigenvalue weighted by molar-refractivity contribution is 5.80. The lowest BCUT2D eigenvalue weighted by Crippen LogP contribution is -2.36. The Bertz CT molecular complexity index is 1010. The number of amides is 2. The van der Waals surface area contributed by atoms with Crippen molar-refractivity contribution in [1.82, 2.24) is 10.2 Å². The highest BCUT2D eigenvalue weighted by Crippen LogP contribution is 2.44. The number of ether oxygens (including phenoxy) is 1. The van der Waals surface area contributed by atoms with Crippen molar-refractivity contribution >= 4 is 18.0 Å². The lowest BCUT2D eigenvalue weighted by Gasteiger charge is -2.21. The van der Waals surface area contributed by atoms with E-state index >= 15 is 0 Å². The van der Waals surface area contributed by atoms with Crippen molar-refractivity contribution in [3.05, 3.63) is 59.7 Å². The van der Waals surface area contributed by atoms with Gasteiger partial charge in [0, 0.05) is 37.9 Å². The van der Waals surface area contributed by atoms with Crippen molar-refractivity contribution < 1.29 is 24.2 Å². The molecule has 0 aliphatic heterocycles. The van der Waals surface area contributed by atoms with E-state index in [9.17, 15) is 14.4 Å². The number of carbonyl (C=O) groups is 3. The van der Waals surface area contributed by atoms with Gasteiger partial charge in [-0.2, -0.15) is 0 Å². The largest absolute Gasteiger partial charge is 0.481 e. The van der Waals surface area contributed by atoms with E-state index in [1.165, 1.54) is 22.3 Å². The van der Waals surface area contributed by atoms with Gasteiger partial charge in [0.15, 0.2) is 0 Å². The molecule has 7 nitrogen and oxygen atoms in total. The Labute approximate surface area is 200 Å². The molecule has 2 N–H and O–H groups in total.